The van der Waals surface area contributed by atoms with Crippen molar-refractivity contribution in [2.45, 2.75) is 18.4 Å². The van der Waals surface area contributed by atoms with E-state index in [0.29, 0.717) is 37.4 Å². The number of piperidine rings is 1. The molecule has 1 aromatic carbocycles. The van der Waals surface area contributed by atoms with Gasteiger partial charge in [-0.2, -0.15) is 0 Å². The monoisotopic (exact) mass is 449 g/mol. The third-order valence-corrected chi connectivity index (χ3v) is 6.16. The average molecular weight is 449 g/mol. The first-order valence-corrected chi connectivity index (χ1v) is 10.6. The highest BCUT2D eigenvalue weighted by Gasteiger charge is 2.52. The van der Waals surface area contributed by atoms with Crippen LogP contribution in [-0.4, -0.2) is 69.4 Å². The lowest BCUT2D eigenvalue weighted by molar-refractivity contribution is -0.134. The molecule has 2 aliphatic rings. The fourth-order valence-electron chi connectivity index (χ4n) is 4.36. The van der Waals surface area contributed by atoms with Gasteiger partial charge in [-0.25, -0.2) is 14.8 Å². The molecule has 11 heteroatoms. The number of fused-ring (bicyclic) bond motifs is 1. The van der Waals surface area contributed by atoms with Crippen molar-refractivity contribution in [2.75, 3.05) is 37.0 Å². The van der Waals surface area contributed by atoms with Crippen molar-refractivity contribution in [3.63, 3.8) is 0 Å². The molecule has 0 aliphatic carbocycles. The van der Waals surface area contributed by atoms with E-state index in [1.807, 2.05) is 10.6 Å². The summed E-state index contributed by atoms with van der Waals surface area (Å²) in [5.41, 5.74) is 0.434. The molecule has 170 valence electrons. The number of benzene rings is 1. The minimum atomic E-state index is -1.00. The molecule has 2 aliphatic heterocycles. The number of hydrogen-bond donors (Lipinski definition) is 2. The number of carbonyl (C=O) groups is 3. The number of carbonyl (C=O) groups excluding carboxylic acids is 3. The Morgan fingerprint density at radius 3 is 2.70 bits per heavy atom. The van der Waals surface area contributed by atoms with Crippen molar-refractivity contribution in [1.29, 1.82) is 0 Å². The molecule has 2 saturated heterocycles. The first-order valence-electron chi connectivity index (χ1n) is 10.6. The number of imidazole rings is 1. The number of anilines is 2. The molecule has 3 aromatic rings. The smallest absolute Gasteiger partial charge is 0.325 e. The highest BCUT2D eigenvalue weighted by molar-refractivity contribution is 6.10. The Bertz CT molecular complexity index is 1210. The predicted octanol–water partition coefficient (Wildman–Crippen LogP) is 1.27. The molecule has 1 spiro atoms. The van der Waals surface area contributed by atoms with Crippen LogP contribution in [0, 0.1) is 0 Å². The van der Waals surface area contributed by atoms with Crippen molar-refractivity contribution in [3.8, 4) is 5.75 Å². The van der Waals surface area contributed by atoms with Gasteiger partial charge >= 0.3 is 6.03 Å². The van der Waals surface area contributed by atoms with E-state index in [2.05, 4.69) is 25.5 Å². The molecule has 5 rings (SSSR count). The zero-order valence-electron chi connectivity index (χ0n) is 18.0. The molecule has 0 atom stereocenters. The third kappa shape index (κ3) is 3.71. The summed E-state index contributed by atoms with van der Waals surface area (Å²) < 4.78 is 6.98. The SMILES string of the molecule is COc1ccc(NC(=O)CN2C(=O)NC3(CCN(c4nccn5cncc45)CC3)C2=O)cc1. The second-order valence-corrected chi connectivity index (χ2v) is 8.10. The topological polar surface area (TPSA) is 121 Å². The van der Waals surface area contributed by atoms with Crippen LogP contribution in [0.25, 0.3) is 5.52 Å². The number of amides is 4. The number of hydrogen-bond acceptors (Lipinski definition) is 7. The Hall–Kier alpha value is -4.15. The van der Waals surface area contributed by atoms with Gasteiger partial charge in [0, 0.05) is 31.2 Å². The summed E-state index contributed by atoms with van der Waals surface area (Å²) in [6.45, 7) is 0.727. The van der Waals surface area contributed by atoms with Crippen LogP contribution in [0.3, 0.4) is 0 Å². The highest BCUT2D eigenvalue weighted by atomic mass is 16.5. The average Bonchev–Trinajstić information content (AvgIpc) is 3.39. The molecule has 0 unspecified atom stereocenters. The van der Waals surface area contributed by atoms with Crippen LogP contribution in [0.15, 0.2) is 49.2 Å². The number of ether oxygens (including phenoxy) is 1. The zero-order chi connectivity index (χ0) is 23.0. The van der Waals surface area contributed by atoms with Gasteiger partial charge in [0.2, 0.25) is 5.91 Å². The van der Waals surface area contributed by atoms with Crippen LogP contribution >= 0.6 is 0 Å². The molecule has 33 heavy (non-hydrogen) atoms. The summed E-state index contributed by atoms with van der Waals surface area (Å²) >= 11 is 0. The Morgan fingerprint density at radius 2 is 1.97 bits per heavy atom. The molecule has 2 aromatic heterocycles. The number of nitrogens with zero attached hydrogens (tertiary/aromatic N) is 5. The summed E-state index contributed by atoms with van der Waals surface area (Å²) in [6.07, 6.45) is 7.84. The standard InChI is InChI=1S/C22H23N7O4/c1-33-16-4-2-15(3-5-16)25-18(30)13-29-20(31)22(26-21(29)32)6-9-27(10-7-22)19-17-12-23-14-28(17)11-8-24-19/h2-5,8,11-12,14H,6-7,9-10,13H2,1H3,(H,25,30)(H,26,32). The molecule has 11 nitrogen and oxygen atoms in total. The van der Waals surface area contributed by atoms with E-state index in [1.54, 1.807) is 50.1 Å². The van der Waals surface area contributed by atoms with E-state index >= 15 is 0 Å². The number of rotatable bonds is 5. The van der Waals surface area contributed by atoms with Crippen LogP contribution in [0.1, 0.15) is 12.8 Å². The lowest BCUT2D eigenvalue weighted by atomic mass is 9.87. The first-order chi connectivity index (χ1) is 16.0. The van der Waals surface area contributed by atoms with Gasteiger partial charge in [-0.1, -0.05) is 0 Å². The first kappa shape index (κ1) is 20.7. The Kier molecular flexibility index (Phi) is 5.08. The van der Waals surface area contributed by atoms with Crippen molar-refractivity contribution >= 4 is 34.9 Å². The van der Waals surface area contributed by atoms with E-state index < -0.39 is 17.5 Å². The van der Waals surface area contributed by atoms with Gasteiger partial charge < -0.3 is 24.7 Å². The van der Waals surface area contributed by atoms with Crippen LogP contribution < -0.4 is 20.3 Å². The third-order valence-electron chi connectivity index (χ3n) is 6.16. The largest absolute Gasteiger partial charge is 0.497 e. The van der Waals surface area contributed by atoms with Gasteiger partial charge in [-0.15, -0.1) is 0 Å². The zero-order valence-corrected chi connectivity index (χ0v) is 18.0. The van der Waals surface area contributed by atoms with Crippen LogP contribution in [0.2, 0.25) is 0 Å². The summed E-state index contributed by atoms with van der Waals surface area (Å²) in [6, 6.07) is 6.26. The molecular formula is C22H23N7O4. The Labute approximate surface area is 189 Å². The van der Waals surface area contributed by atoms with Crippen molar-refractivity contribution < 1.29 is 19.1 Å². The molecular weight excluding hydrogens is 426 g/mol. The van der Waals surface area contributed by atoms with Gasteiger partial charge in [0.25, 0.3) is 5.91 Å². The van der Waals surface area contributed by atoms with Crippen molar-refractivity contribution in [3.05, 3.63) is 49.2 Å². The summed E-state index contributed by atoms with van der Waals surface area (Å²) in [7, 11) is 1.56. The molecule has 2 fully saturated rings. The number of aromatic nitrogens is 3. The summed E-state index contributed by atoms with van der Waals surface area (Å²) in [5.74, 6) is 0.634. The molecule has 4 amide bonds. The fraction of sp³-hybridized carbons (Fsp3) is 0.318. The Morgan fingerprint density at radius 1 is 1.21 bits per heavy atom. The maximum absolute atomic E-state index is 13.2. The Balaban J connectivity index is 1.24. The quantitative estimate of drug-likeness (QED) is 0.563. The normalized spacial score (nSPS) is 17.5. The molecule has 4 heterocycles. The second kappa shape index (κ2) is 8.08. The van der Waals surface area contributed by atoms with E-state index in [9.17, 15) is 14.4 Å². The van der Waals surface area contributed by atoms with Crippen molar-refractivity contribution in [2.24, 2.45) is 0 Å². The predicted molar refractivity (Wildman–Crippen MR) is 119 cm³/mol. The fourth-order valence-corrected chi connectivity index (χ4v) is 4.36. The summed E-state index contributed by atoms with van der Waals surface area (Å²) in [4.78, 5) is 50.0. The van der Waals surface area contributed by atoms with Gasteiger partial charge in [0.05, 0.1) is 19.6 Å². The van der Waals surface area contributed by atoms with E-state index in [4.69, 9.17) is 4.74 Å². The van der Waals surface area contributed by atoms with E-state index in [0.717, 1.165) is 16.2 Å². The minimum absolute atomic E-state index is 0.348. The van der Waals surface area contributed by atoms with Gasteiger partial charge in [-0.3, -0.25) is 14.5 Å². The molecule has 2 N–H and O–H groups in total. The van der Waals surface area contributed by atoms with Crippen LogP contribution in [-0.2, 0) is 9.59 Å². The van der Waals surface area contributed by atoms with E-state index in [-0.39, 0.29) is 12.5 Å². The summed E-state index contributed by atoms with van der Waals surface area (Å²) in [5, 5.41) is 5.54. The van der Waals surface area contributed by atoms with Crippen LogP contribution in [0.5, 0.6) is 5.75 Å². The molecule has 0 bridgehead atoms. The van der Waals surface area contributed by atoms with Gasteiger partial charge in [0.15, 0.2) is 5.82 Å². The highest BCUT2D eigenvalue weighted by Crippen LogP contribution is 2.32. The minimum Gasteiger partial charge on any atom is -0.497 e. The maximum atomic E-state index is 13.2. The maximum Gasteiger partial charge on any atom is 0.325 e. The van der Waals surface area contributed by atoms with Crippen molar-refractivity contribution in [1.82, 2.24) is 24.6 Å². The lowest BCUT2D eigenvalue weighted by Gasteiger charge is -2.38. The van der Waals surface area contributed by atoms with Gasteiger partial charge in [-0.05, 0) is 37.1 Å². The second-order valence-electron chi connectivity index (χ2n) is 8.10. The number of urea groups is 1. The van der Waals surface area contributed by atoms with Gasteiger partial charge in [0.1, 0.15) is 23.3 Å². The number of methoxy groups -OCH3 is 1. The number of nitrogens with one attached hydrogen (secondary N) is 2. The molecule has 0 radical (unpaired) electrons. The van der Waals surface area contributed by atoms with E-state index in [1.165, 1.54) is 0 Å². The molecule has 0 saturated carbocycles. The number of imide groups is 1. The lowest BCUT2D eigenvalue weighted by Crippen LogP contribution is -2.55. The van der Waals surface area contributed by atoms with Crippen LogP contribution in [0.4, 0.5) is 16.3 Å².